The van der Waals surface area contributed by atoms with Crippen molar-refractivity contribution in [1.29, 1.82) is 0 Å². The maximum Gasteiger partial charge on any atom is 0.124 e. The Kier molecular flexibility index (Phi) is 8.68. The van der Waals surface area contributed by atoms with Crippen LogP contribution in [0.5, 0.6) is 5.75 Å². The summed E-state index contributed by atoms with van der Waals surface area (Å²) in [5.41, 5.74) is 4.58. The van der Waals surface area contributed by atoms with Gasteiger partial charge in [0.2, 0.25) is 0 Å². The standard InChI is InChI=1S/C26H33N3OS3/c1-3-27(4-2)18-22-14-21(24-16-25(31)33-32-24)15-23(26(22)30)19-29-12-10-28(11-13-29)17-20-8-6-5-7-9-20/h5-9,14-16,30H,3-4,10-13,17-19H2,1-2H3. The molecule has 1 fully saturated rings. The Bertz CT molecular complexity index is 1080. The molecule has 4 nitrogen and oxygen atoms in total. The SMILES string of the molecule is CCN(CC)Cc1cc(-c2cc(=S)ss2)cc(CN2CCN(Cc3ccccc3)CC2)c1O. The Labute approximate surface area is 210 Å². The van der Waals surface area contributed by atoms with Crippen LogP contribution < -0.4 is 0 Å². The molecule has 1 N–H and O–H groups in total. The minimum absolute atomic E-state index is 0.455. The van der Waals surface area contributed by atoms with Gasteiger partial charge in [0.25, 0.3) is 0 Å². The van der Waals surface area contributed by atoms with Gasteiger partial charge in [0.05, 0.1) is 0 Å². The van der Waals surface area contributed by atoms with E-state index < -0.39 is 0 Å². The van der Waals surface area contributed by atoms with E-state index in [-0.39, 0.29) is 0 Å². The zero-order valence-electron chi connectivity index (χ0n) is 19.5. The van der Waals surface area contributed by atoms with Crippen molar-refractivity contribution in [2.45, 2.75) is 33.5 Å². The molecule has 0 radical (unpaired) electrons. The largest absolute Gasteiger partial charge is 0.507 e. The van der Waals surface area contributed by atoms with Gasteiger partial charge in [-0.25, -0.2) is 0 Å². The van der Waals surface area contributed by atoms with Crippen LogP contribution in [-0.2, 0) is 19.6 Å². The van der Waals surface area contributed by atoms with Crippen LogP contribution in [0.15, 0.2) is 48.5 Å². The second-order valence-electron chi connectivity index (χ2n) is 8.64. The molecule has 4 rings (SSSR count). The maximum absolute atomic E-state index is 11.2. The third-order valence-electron chi connectivity index (χ3n) is 6.41. The molecule has 0 spiro atoms. The number of nitrogens with zero attached hydrogens (tertiary/aromatic N) is 3. The van der Waals surface area contributed by atoms with E-state index in [9.17, 15) is 5.11 Å². The van der Waals surface area contributed by atoms with Gasteiger partial charge in [-0.3, -0.25) is 14.7 Å². The summed E-state index contributed by atoms with van der Waals surface area (Å²) in [4.78, 5) is 8.53. The lowest BCUT2D eigenvalue weighted by Crippen LogP contribution is -2.45. The first-order valence-electron chi connectivity index (χ1n) is 11.7. The van der Waals surface area contributed by atoms with Gasteiger partial charge < -0.3 is 5.11 Å². The number of hydrogen-bond acceptors (Lipinski definition) is 7. The predicted octanol–water partition coefficient (Wildman–Crippen LogP) is 6.07. The molecular weight excluding hydrogens is 467 g/mol. The first kappa shape index (κ1) is 24.5. The van der Waals surface area contributed by atoms with E-state index in [1.807, 2.05) is 0 Å². The number of benzene rings is 2. The van der Waals surface area contributed by atoms with E-state index in [4.69, 9.17) is 12.2 Å². The lowest BCUT2D eigenvalue weighted by atomic mass is 10.0. The van der Waals surface area contributed by atoms with Gasteiger partial charge in [-0.05, 0) is 42.4 Å². The fourth-order valence-corrected chi connectivity index (χ4v) is 6.78. The summed E-state index contributed by atoms with van der Waals surface area (Å²) in [6.07, 6.45) is 0. The third-order valence-corrected chi connectivity index (χ3v) is 9.32. The summed E-state index contributed by atoms with van der Waals surface area (Å²) in [7, 11) is 3.37. The van der Waals surface area contributed by atoms with Crippen LogP contribution in [0.1, 0.15) is 30.5 Å². The smallest absolute Gasteiger partial charge is 0.124 e. The number of rotatable bonds is 9. The first-order chi connectivity index (χ1) is 16.1. The second kappa shape index (κ2) is 11.7. The molecule has 0 bridgehead atoms. The lowest BCUT2D eigenvalue weighted by molar-refractivity contribution is 0.121. The number of phenols is 1. The molecule has 7 heteroatoms. The molecule has 0 saturated carbocycles. The molecule has 1 aliphatic rings. The quantitative estimate of drug-likeness (QED) is 0.285. The van der Waals surface area contributed by atoms with Crippen LogP contribution in [0.3, 0.4) is 0 Å². The first-order valence-corrected chi connectivity index (χ1v) is 14.3. The number of hydrogen-bond donors (Lipinski definition) is 1. The molecule has 0 unspecified atom stereocenters. The number of aromatic hydroxyl groups is 1. The normalized spacial score (nSPS) is 15.4. The van der Waals surface area contributed by atoms with Crippen molar-refractivity contribution in [2.75, 3.05) is 39.3 Å². The summed E-state index contributed by atoms with van der Waals surface area (Å²) in [6, 6.07) is 17.1. The molecule has 1 saturated heterocycles. The highest BCUT2D eigenvalue weighted by atomic mass is 32.9. The monoisotopic (exact) mass is 499 g/mol. The molecule has 0 atom stereocenters. The summed E-state index contributed by atoms with van der Waals surface area (Å²) in [5.74, 6) is 0.455. The lowest BCUT2D eigenvalue weighted by Gasteiger charge is -2.35. The van der Waals surface area contributed by atoms with Gasteiger partial charge in [-0.1, -0.05) is 77.1 Å². The zero-order chi connectivity index (χ0) is 23.2. The molecule has 1 aromatic heterocycles. The van der Waals surface area contributed by atoms with E-state index in [1.165, 1.54) is 16.0 Å². The number of phenolic OH excluding ortho intramolecular Hbond substituents is 1. The molecule has 0 aliphatic carbocycles. The summed E-state index contributed by atoms with van der Waals surface area (Å²) < 4.78 is 0.921. The molecular formula is C26H33N3OS3. The molecule has 3 aromatic rings. The van der Waals surface area contributed by atoms with E-state index in [0.29, 0.717) is 5.75 Å². The van der Waals surface area contributed by atoms with E-state index >= 15 is 0 Å². The van der Waals surface area contributed by atoms with Crippen molar-refractivity contribution in [3.05, 3.63) is 69.0 Å². The van der Waals surface area contributed by atoms with Gasteiger partial charge >= 0.3 is 0 Å². The van der Waals surface area contributed by atoms with Crippen molar-refractivity contribution >= 4 is 32.9 Å². The fraction of sp³-hybridized carbons (Fsp3) is 0.423. The fourth-order valence-electron chi connectivity index (χ4n) is 4.39. The van der Waals surface area contributed by atoms with E-state index in [0.717, 1.165) is 73.9 Å². The summed E-state index contributed by atoms with van der Waals surface area (Å²) in [6.45, 7) is 13.0. The minimum Gasteiger partial charge on any atom is -0.507 e. The van der Waals surface area contributed by atoms with Crippen LogP contribution in [0.2, 0.25) is 0 Å². The van der Waals surface area contributed by atoms with Crippen molar-refractivity contribution in [3.63, 3.8) is 0 Å². The molecule has 1 aliphatic heterocycles. The zero-order valence-corrected chi connectivity index (χ0v) is 21.9. The minimum atomic E-state index is 0.455. The van der Waals surface area contributed by atoms with Gasteiger partial charge in [0, 0.05) is 61.8 Å². The van der Waals surface area contributed by atoms with Crippen LogP contribution in [-0.4, -0.2) is 59.1 Å². The van der Waals surface area contributed by atoms with Crippen LogP contribution in [0.4, 0.5) is 0 Å². The molecule has 2 aromatic carbocycles. The number of piperazine rings is 1. The van der Waals surface area contributed by atoms with Crippen molar-refractivity contribution < 1.29 is 5.11 Å². The molecule has 33 heavy (non-hydrogen) atoms. The maximum atomic E-state index is 11.2. The van der Waals surface area contributed by atoms with Gasteiger partial charge in [0.1, 0.15) is 9.57 Å². The van der Waals surface area contributed by atoms with Gasteiger partial charge in [-0.15, -0.1) is 0 Å². The van der Waals surface area contributed by atoms with Crippen molar-refractivity contribution in [1.82, 2.24) is 14.7 Å². The highest BCUT2D eigenvalue weighted by Crippen LogP contribution is 2.36. The highest BCUT2D eigenvalue weighted by Gasteiger charge is 2.20. The van der Waals surface area contributed by atoms with Crippen LogP contribution in [0.25, 0.3) is 10.4 Å². The van der Waals surface area contributed by atoms with Crippen LogP contribution >= 0.6 is 32.9 Å². The second-order valence-corrected chi connectivity index (χ2v) is 11.5. The Morgan fingerprint density at radius 2 is 1.52 bits per heavy atom. The summed E-state index contributed by atoms with van der Waals surface area (Å²) in [5, 5.41) is 11.2. The van der Waals surface area contributed by atoms with Crippen molar-refractivity contribution in [2.24, 2.45) is 0 Å². The Morgan fingerprint density at radius 3 is 2.12 bits per heavy atom. The molecule has 2 heterocycles. The average Bonchev–Trinajstić information content (AvgIpc) is 3.27. The third kappa shape index (κ3) is 6.50. The van der Waals surface area contributed by atoms with Gasteiger partial charge in [-0.2, -0.15) is 0 Å². The Morgan fingerprint density at radius 1 is 0.879 bits per heavy atom. The molecule has 0 amide bonds. The summed E-state index contributed by atoms with van der Waals surface area (Å²) >= 11 is 5.38. The van der Waals surface area contributed by atoms with E-state index in [1.54, 1.807) is 20.7 Å². The molecule has 176 valence electrons. The van der Waals surface area contributed by atoms with Crippen LogP contribution in [0, 0.1) is 3.82 Å². The van der Waals surface area contributed by atoms with E-state index in [2.05, 4.69) is 77.1 Å². The van der Waals surface area contributed by atoms with Crippen molar-refractivity contribution in [3.8, 4) is 16.2 Å². The predicted molar refractivity (Wildman–Crippen MR) is 144 cm³/mol. The Balaban J connectivity index is 1.49. The average molecular weight is 500 g/mol. The Hall–Kier alpha value is -1.61. The van der Waals surface area contributed by atoms with Gasteiger partial charge in [0.15, 0.2) is 0 Å². The topological polar surface area (TPSA) is 30.0 Å². The highest BCUT2D eigenvalue weighted by molar-refractivity contribution is 7.80.